The minimum absolute atomic E-state index is 0.212. The summed E-state index contributed by atoms with van der Waals surface area (Å²) in [4.78, 5) is 27.6. The van der Waals surface area contributed by atoms with Gasteiger partial charge in [0.1, 0.15) is 12.4 Å². The SMILES string of the molecule is Cc1ccc(C(C)C)c(OCCN2C(=O)S/C(=C\c3cc(C)n(-c4ccc5ccccc5c4)c3C)C2=O)c1. The van der Waals surface area contributed by atoms with Crippen molar-refractivity contribution in [3.8, 4) is 11.4 Å². The normalized spacial score (nSPS) is 14.9. The summed E-state index contributed by atoms with van der Waals surface area (Å²) >= 11 is 0.989. The number of thioether (sulfide) groups is 1. The van der Waals surface area contributed by atoms with Crippen molar-refractivity contribution >= 4 is 39.8 Å². The smallest absolute Gasteiger partial charge is 0.293 e. The molecule has 2 heterocycles. The van der Waals surface area contributed by atoms with Crippen LogP contribution in [0.3, 0.4) is 0 Å². The lowest BCUT2D eigenvalue weighted by Crippen LogP contribution is -2.32. The van der Waals surface area contributed by atoms with Gasteiger partial charge < -0.3 is 9.30 Å². The first-order valence-corrected chi connectivity index (χ1v) is 13.7. The number of fused-ring (bicyclic) bond motifs is 1. The third-order valence-corrected chi connectivity index (χ3v) is 7.89. The summed E-state index contributed by atoms with van der Waals surface area (Å²) in [5.74, 6) is 0.857. The van der Waals surface area contributed by atoms with Gasteiger partial charge in [-0.2, -0.15) is 0 Å². The molecule has 0 spiro atoms. The van der Waals surface area contributed by atoms with Crippen molar-refractivity contribution in [3.05, 3.63) is 99.7 Å². The van der Waals surface area contributed by atoms with Crippen LogP contribution in [-0.4, -0.2) is 33.8 Å². The van der Waals surface area contributed by atoms with E-state index >= 15 is 0 Å². The Hall–Kier alpha value is -3.77. The monoisotopic (exact) mass is 524 g/mol. The second-order valence-corrected chi connectivity index (χ2v) is 11.1. The van der Waals surface area contributed by atoms with Crippen molar-refractivity contribution in [2.24, 2.45) is 0 Å². The molecule has 0 saturated carbocycles. The number of aromatic nitrogens is 1. The Balaban J connectivity index is 1.33. The molecular formula is C32H32N2O3S. The molecule has 1 saturated heterocycles. The van der Waals surface area contributed by atoms with Crippen molar-refractivity contribution in [2.75, 3.05) is 13.2 Å². The topological polar surface area (TPSA) is 51.5 Å². The van der Waals surface area contributed by atoms with Gasteiger partial charge in [-0.25, -0.2) is 0 Å². The van der Waals surface area contributed by atoms with E-state index in [0.29, 0.717) is 10.8 Å². The molecule has 0 unspecified atom stereocenters. The van der Waals surface area contributed by atoms with E-state index in [1.165, 1.54) is 15.7 Å². The second-order valence-electron chi connectivity index (χ2n) is 10.1. The molecule has 0 radical (unpaired) electrons. The maximum absolute atomic E-state index is 13.2. The van der Waals surface area contributed by atoms with Gasteiger partial charge in [-0.1, -0.05) is 56.3 Å². The van der Waals surface area contributed by atoms with Gasteiger partial charge >= 0.3 is 0 Å². The highest BCUT2D eigenvalue weighted by atomic mass is 32.2. The predicted octanol–water partition coefficient (Wildman–Crippen LogP) is 7.79. The van der Waals surface area contributed by atoms with Crippen LogP contribution in [-0.2, 0) is 4.79 Å². The third kappa shape index (κ3) is 5.01. The molecule has 0 bridgehead atoms. The van der Waals surface area contributed by atoms with Gasteiger partial charge in [0.05, 0.1) is 11.4 Å². The van der Waals surface area contributed by atoms with E-state index in [0.717, 1.165) is 51.3 Å². The Bertz CT molecular complexity index is 1580. The molecule has 6 heteroatoms. The van der Waals surface area contributed by atoms with E-state index in [1.54, 1.807) is 0 Å². The average Bonchev–Trinajstić information content (AvgIpc) is 3.32. The molecule has 4 aromatic rings. The van der Waals surface area contributed by atoms with E-state index in [9.17, 15) is 9.59 Å². The number of nitrogens with zero attached hydrogens (tertiary/aromatic N) is 2. The van der Waals surface area contributed by atoms with Crippen LogP contribution in [0.4, 0.5) is 4.79 Å². The van der Waals surface area contributed by atoms with Gasteiger partial charge in [-0.15, -0.1) is 0 Å². The fourth-order valence-corrected chi connectivity index (χ4v) is 5.83. The molecule has 5 nitrogen and oxygen atoms in total. The van der Waals surface area contributed by atoms with Crippen molar-refractivity contribution in [1.82, 2.24) is 9.47 Å². The first kappa shape index (κ1) is 25.9. The number of ether oxygens (including phenoxy) is 1. The Kier molecular flexibility index (Phi) is 7.17. The quantitative estimate of drug-likeness (QED) is 0.232. The minimum atomic E-state index is -0.271. The fourth-order valence-electron chi connectivity index (χ4n) is 4.97. The van der Waals surface area contributed by atoms with Crippen LogP contribution in [0, 0.1) is 20.8 Å². The average molecular weight is 525 g/mol. The summed E-state index contributed by atoms with van der Waals surface area (Å²) in [5, 5.41) is 2.11. The Morgan fingerprint density at radius 2 is 1.68 bits per heavy atom. The molecule has 1 aromatic heterocycles. The molecule has 38 heavy (non-hydrogen) atoms. The molecular weight excluding hydrogens is 492 g/mol. The molecule has 1 fully saturated rings. The standard InChI is InChI=1S/C32H32N2O3S/c1-20(2)28-13-10-21(3)16-29(28)37-15-14-33-31(35)30(38-32(33)36)19-26-17-22(4)34(23(26)5)27-12-11-24-8-6-7-9-25(24)18-27/h6-13,16-20H,14-15H2,1-5H3/b30-19-. The highest BCUT2D eigenvalue weighted by Crippen LogP contribution is 2.34. The zero-order chi connectivity index (χ0) is 27.0. The van der Waals surface area contributed by atoms with Crippen molar-refractivity contribution in [3.63, 3.8) is 0 Å². The lowest BCUT2D eigenvalue weighted by Gasteiger charge is -2.17. The summed E-state index contributed by atoms with van der Waals surface area (Å²) in [6, 6.07) is 22.9. The summed E-state index contributed by atoms with van der Waals surface area (Å²) < 4.78 is 8.22. The van der Waals surface area contributed by atoms with Crippen molar-refractivity contribution < 1.29 is 14.3 Å². The molecule has 194 valence electrons. The van der Waals surface area contributed by atoms with E-state index < -0.39 is 0 Å². The lowest BCUT2D eigenvalue weighted by atomic mass is 10.0. The van der Waals surface area contributed by atoms with Crippen LogP contribution in [0.1, 0.15) is 47.8 Å². The molecule has 0 aliphatic carbocycles. The summed E-state index contributed by atoms with van der Waals surface area (Å²) in [6.07, 6.45) is 1.84. The number of rotatable bonds is 7. The van der Waals surface area contributed by atoms with Gasteiger partial charge in [0, 0.05) is 17.1 Å². The summed E-state index contributed by atoms with van der Waals surface area (Å²) in [5.41, 5.74) is 6.31. The molecule has 2 amide bonds. The van der Waals surface area contributed by atoms with Gasteiger partial charge in [0.15, 0.2) is 0 Å². The van der Waals surface area contributed by atoms with Gasteiger partial charge in [-0.3, -0.25) is 14.5 Å². The Morgan fingerprint density at radius 1 is 0.921 bits per heavy atom. The Morgan fingerprint density at radius 3 is 2.45 bits per heavy atom. The fraction of sp³-hybridized carbons (Fsp3) is 0.250. The van der Waals surface area contributed by atoms with Crippen molar-refractivity contribution in [2.45, 2.75) is 40.5 Å². The minimum Gasteiger partial charge on any atom is -0.491 e. The van der Waals surface area contributed by atoms with E-state index in [1.807, 2.05) is 38.1 Å². The number of hydrogen-bond donors (Lipinski definition) is 0. The molecule has 0 N–H and O–H groups in total. The summed E-state index contributed by atoms with van der Waals surface area (Å²) in [6.45, 7) is 10.8. The number of carbonyl (C=O) groups is 2. The number of aryl methyl sites for hydroxylation is 2. The molecule has 3 aromatic carbocycles. The number of benzene rings is 3. The molecule has 1 aliphatic rings. The molecule has 1 aliphatic heterocycles. The van der Waals surface area contributed by atoms with E-state index in [-0.39, 0.29) is 24.3 Å². The van der Waals surface area contributed by atoms with Crippen LogP contribution in [0.25, 0.3) is 22.5 Å². The predicted molar refractivity (Wildman–Crippen MR) is 156 cm³/mol. The first-order chi connectivity index (χ1) is 18.2. The first-order valence-electron chi connectivity index (χ1n) is 12.9. The van der Waals surface area contributed by atoms with Crippen LogP contribution >= 0.6 is 11.8 Å². The van der Waals surface area contributed by atoms with Crippen LogP contribution < -0.4 is 4.74 Å². The van der Waals surface area contributed by atoms with Gasteiger partial charge in [-0.05, 0) is 96.3 Å². The highest BCUT2D eigenvalue weighted by molar-refractivity contribution is 8.18. The number of imide groups is 1. The number of amides is 2. The third-order valence-electron chi connectivity index (χ3n) is 6.99. The number of hydrogen-bond acceptors (Lipinski definition) is 4. The van der Waals surface area contributed by atoms with Gasteiger partial charge in [0.25, 0.3) is 11.1 Å². The van der Waals surface area contributed by atoms with Crippen molar-refractivity contribution in [1.29, 1.82) is 0 Å². The zero-order valence-electron chi connectivity index (χ0n) is 22.4. The largest absolute Gasteiger partial charge is 0.491 e. The van der Waals surface area contributed by atoms with E-state index in [4.69, 9.17) is 4.74 Å². The molecule has 5 rings (SSSR count). The maximum atomic E-state index is 13.2. The zero-order valence-corrected chi connectivity index (χ0v) is 23.3. The maximum Gasteiger partial charge on any atom is 0.293 e. The van der Waals surface area contributed by atoms with Crippen LogP contribution in [0.5, 0.6) is 5.75 Å². The van der Waals surface area contributed by atoms with Crippen LogP contribution in [0.15, 0.2) is 71.6 Å². The second kappa shape index (κ2) is 10.5. The number of carbonyl (C=O) groups excluding carboxylic acids is 2. The molecule has 0 atom stereocenters. The van der Waals surface area contributed by atoms with Crippen LogP contribution in [0.2, 0.25) is 0 Å². The Labute approximate surface area is 228 Å². The lowest BCUT2D eigenvalue weighted by molar-refractivity contribution is -0.123. The van der Waals surface area contributed by atoms with Gasteiger partial charge in [0.2, 0.25) is 0 Å². The highest BCUT2D eigenvalue weighted by Gasteiger charge is 2.35. The summed E-state index contributed by atoms with van der Waals surface area (Å²) in [7, 11) is 0. The van der Waals surface area contributed by atoms with E-state index in [2.05, 4.69) is 73.9 Å².